The van der Waals surface area contributed by atoms with Gasteiger partial charge < -0.3 is 9.84 Å². The van der Waals surface area contributed by atoms with Gasteiger partial charge in [0.15, 0.2) is 11.5 Å². The molecule has 7 heteroatoms. The third-order valence-corrected chi connectivity index (χ3v) is 6.04. The molecule has 1 N–H and O–H groups in total. The number of fused-ring (bicyclic) bond motifs is 1. The summed E-state index contributed by atoms with van der Waals surface area (Å²) in [7, 11) is 0. The summed E-state index contributed by atoms with van der Waals surface area (Å²) < 4.78 is 6.27. The number of halogens is 2. The molecule has 5 nitrogen and oxygen atoms in total. The number of ketones is 1. The molecule has 0 radical (unpaired) electrons. The number of aliphatic hydroxyl groups excluding tert-OH is 1. The highest BCUT2D eigenvalue weighted by molar-refractivity contribution is 6.30. The summed E-state index contributed by atoms with van der Waals surface area (Å²) in [5.74, 6) is -0.406. The Morgan fingerprint density at radius 1 is 1.00 bits per heavy atom. The van der Waals surface area contributed by atoms with Crippen LogP contribution in [0.5, 0.6) is 0 Å². The predicted molar refractivity (Wildman–Crippen MR) is 123 cm³/mol. The second-order valence-electron chi connectivity index (χ2n) is 7.56. The van der Waals surface area contributed by atoms with Gasteiger partial charge in [0.2, 0.25) is 0 Å². The van der Waals surface area contributed by atoms with E-state index in [2.05, 4.69) is 0 Å². The number of carbonyl (C=O) groups excluding carboxylic acids is 2. The van der Waals surface area contributed by atoms with Crippen LogP contribution in [0.4, 0.5) is 0 Å². The van der Waals surface area contributed by atoms with Crippen LogP contribution >= 0.6 is 23.2 Å². The maximum absolute atomic E-state index is 13.7. The molecule has 0 fully saturated rings. The Labute approximate surface area is 196 Å². The number of Topliss-reactive ketones (excluding diaryl/α,β-unsaturated/α-hetero) is 1. The summed E-state index contributed by atoms with van der Waals surface area (Å²) in [6.07, 6.45) is 0. The summed E-state index contributed by atoms with van der Waals surface area (Å²) in [6.45, 7) is 1.47. The first kappa shape index (κ1) is 22.5. The van der Waals surface area contributed by atoms with Crippen LogP contribution in [0.2, 0.25) is 10.0 Å². The summed E-state index contributed by atoms with van der Waals surface area (Å²) in [5.41, 5.74) is 1.68. The topological polar surface area (TPSA) is 66.8 Å². The third-order valence-electron chi connectivity index (χ3n) is 5.54. The smallest absolute Gasteiger partial charge is 0.257 e. The molecule has 164 valence electrons. The third kappa shape index (κ3) is 3.93. The van der Waals surface area contributed by atoms with E-state index in [0.717, 1.165) is 5.56 Å². The SMILES string of the molecule is CC(=O)c1ccc2c(c1)C(=O)N(Cc1ccc(Cl)cc1)C2(OCCO)c1ccc(Cl)cc1. The van der Waals surface area contributed by atoms with Crippen LogP contribution in [0.1, 0.15) is 44.3 Å². The van der Waals surface area contributed by atoms with E-state index in [4.69, 9.17) is 27.9 Å². The zero-order valence-electron chi connectivity index (χ0n) is 17.3. The summed E-state index contributed by atoms with van der Waals surface area (Å²) in [6, 6.07) is 19.3. The fraction of sp³-hybridized carbons (Fsp3) is 0.200. The first-order chi connectivity index (χ1) is 15.4. The predicted octanol–water partition coefficient (Wildman–Crippen LogP) is 5.06. The molecule has 3 aromatic rings. The van der Waals surface area contributed by atoms with Gasteiger partial charge in [0.1, 0.15) is 0 Å². The van der Waals surface area contributed by atoms with Crippen LogP contribution in [0.3, 0.4) is 0 Å². The van der Waals surface area contributed by atoms with E-state index < -0.39 is 5.72 Å². The molecule has 1 unspecified atom stereocenters. The molecule has 32 heavy (non-hydrogen) atoms. The van der Waals surface area contributed by atoms with Crippen LogP contribution in [0.25, 0.3) is 0 Å². The van der Waals surface area contributed by atoms with Gasteiger partial charge in [0.25, 0.3) is 5.91 Å². The summed E-state index contributed by atoms with van der Waals surface area (Å²) in [5, 5.41) is 10.7. The van der Waals surface area contributed by atoms with Gasteiger partial charge in [-0.25, -0.2) is 0 Å². The van der Waals surface area contributed by atoms with Crippen molar-refractivity contribution in [1.82, 2.24) is 4.90 Å². The Balaban J connectivity index is 1.93. The second-order valence-corrected chi connectivity index (χ2v) is 8.43. The molecule has 1 heterocycles. The highest BCUT2D eigenvalue weighted by Gasteiger charge is 2.52. The number of amides is 1. The standard InChI is InChI=1S/C25H21Cl2NO4/c1-16(30)18-4-11-23-22(14-18)24(31)28(15-17-2-7-20(26)8-3-17)25(23,32-13-12-29)19-5-9-21(27)10-6-19/h2-11,14,29H,12-13,15H2,1H3. The zero-order chi connectivity index (χ0) is 22.9. The average molecular weight is 470 g/mol. The molecule has 0 saturated carbocycles. The largest absolute Gasteiger partial charge is 0.394 e. The van der Waals surface area contributed by atoms with E-state index in [9.17, 15) is 14.7 Å². The van der Waals surface area contributed by atoms with Crippen molar-refractivity contribution in [2.45, 2.75) is 19.2 Å². The Bertz CT molecular complexity index is 1160. The van der Waals surface area contributed by atoms with Gasteiger partial charge in [-0.1, -0.05) is 59.6 Å². The zero-order valence-corrected chi connectivity index (χ0v) is 18.9. The molecular formula is C25H21Cl2NO4. The van der Waals surface area contributed by atoms with Gasteiger partial charge in [-0.15, -0.1) is 0 Å². The van der Waals surface area contributed by atoms with Crippen LogP contribution in [0, 0.1) is 0 Å². The van der Waals surface area contributed by atoms with Crippen LogP contribution in [0.15, 0.2) is 66.7 Å². The molecular weight excluding hydrogens is 449 g/mol. The lowest BCUT2D eigenvalue weighted by molar-refractivity contribution is -0.118. The van der Waals surface area contributed by atoms with Gasteiger partial charge >= 0.3 is 0 Å². The summed E-state index contributed by atoms with van der Waals surface area (Å²) >= 11 is 12.2. The van der Waals surface area contributed by atoms with Gasteiger partial charge in [0.05, 0.1) is 13.2 Å². The van der Waals surface area contributed by atoms with Crippen molar-refractivity contribution in [3.8, 4) is 0 Å². The molecule has 3 aromatic carbocycles. The van der Waals surface area contributed by atoms with Gasteiger partial charge in [-0.05, 0) is 42.8 Å². The average Bonchev–Trinajstić information content (AvgIpc) is 3.02. The molecule has 0 spiro atoms. The molecule has 1 amide bonds. The molecule has 1 aliphatic rings. The lowest BCUT2D eigenvalue weighted by Gasteiger charge is -2.39. The summed E-state index contributed by atoms with van der Waals surface area (Å²) in [4.78, 5) is 27.3. The van der Waals surface area contributed by atoms with E-state index in [1.54, 1.807) is 59.5 Å². The fourth-order valence-corrected chi connectivity index (χ4v) is 4.30. The highest BCUT2D eigenvalue weighted by atomic mass is 35.5. The van der Waals surface area contributed by atoms with Crippen molar-refractivity contribution in [2.75, 3.05) is 13.2 Å². The first-order valence-electron chi connectivity index (χ1n) is 10.1. The number of hydrogen-bond donors (Lipinski definition) is 1. The van der Waals surface area contributed by atoms with Crippen LogP contribution < -0.4 is 0 Å². The Kier molecular flexibility index (Phi) is 6.35. The minimum Gasteiger partial charge on any atom is -0.394 e. The van der Waals surface area contributed by atoms with E-state index in [-0.39, 0.29) is 31.4 Å². The van der Waals surface area contributed by atoms with Gasteiger partial charge in [-0.3, -0.25) is 14.5 Å². The van der Waals surface area contributed by atoms with E-state index >= 15 is 0 Å². The van der Waals surface area contributed by atoms with Gasteiger partial charge in [-0.2, -0.15) is 0 Å². The monoisotopic (exact) mass is 469 g/mol. The lowest BCUT2D eigenvalue weighted by Crippen LogP contribution is -2.47. The number of aliphatic hydroxyl groups is 1. The molecule has 0 saturated heterocycles. The van der Waals surface area contributed by atoms with Crippen molar-refractivity contribution < 1.29 is 19.4 Å². The van der Waals surface area contributed by atoms with E-state index in [1.807, 2.05) is 12.1 Å². The Morgan fingerprint density at radius 3 is 2.22 bits per heavy atom. The second kappa shape index (κ2) is 9.04. The number of ether oxygens (including phenoxy) is 1. The molecule has 1 aliphatic heterocycles. The normalized spacial score (nSPS) is 17.5. The maximum atomic E-state index is 13.7. The number of benzene rings is 3. The number of rotatable bonds is 7. The number of hydrogen-bond acceptors (Lipinski definition) is 4. The number of nitrogens with zero attached hydrogens (tertiary/aromatic N) is 1. The van der Waals surface area contributed by atoms with E-state index in [0.29, 0.717) is 32.3 Å². The minimum atomic E-state index is -1.30. The molecule has 4 rings (SSSR count). The first-order valence-corrected chi connectivity index (χ1v) is 10.8. The van der Waals surface area contributed by atoms with Crippen molar-refractivity contribution in [3.05, 3.63) is 105 Å². The molecule has 0 aromatic heterocycles. The van der Waals surface area contributed by atoms with Crippen LogP contribution in [-0.4, -0.2) is 34.9 Å². The van der Waals surface area contributed by atoms with Crippen molar-refractivity contribution >= 4 is 34.9 Å². The Morgan fingerprint density at radius 2 is 1.62 bits per heavy atom. The molecule has 0 bridgehead atoms. The fourth-order valence-electron chi connectivity index (χ4n) is 4.04. The molecule has 0 aliphatic carbocycles. The van der Waals surface area contributed by atoms with Crippen molar-refractivity contribution in [2.24, 2.45) is 0 Å². The van der Waals surface area contributed by atoms with Crippen molar-refractivity contribution in [3.63, 3.8) is 0 Å². The highest BCUT2D eigenvalue weighted by Crippen LogP contribution is 2.46. The quantitative estimate of drug-likeness (QED) is 0.490. The number of carbonyl (C=O) groups is 2. The van der Waals surface area contributed by atoms with Crippen LogP contribution in [-0.2, 0) is 17.0 Å². The van der Waals surface area contributed by atoms with Gasteiger partial charge in [0, 0.05) is 38.8 Å². The lowest BCUT2D eigenvalue weighted by atomic mass is 9.91. The Hall–Kier alpha value is -2.70. The molecule has 1 atom stereocenters. The maximum Gasteiger partial charge on any atom is 0.257 e. The minimum absolute atomic E-state index is 0.000917. The van der Waals surface area contributed by atoms with E-state index in [1.165, 1.54) is 6.92 Å². The van der Waals surface area contributed by atoms with Crippen molar-refractivity contribution in [1.29, 1.82) is 0 Å².